The number of urea groups is 1. The predicted molar refractivity (Wildman–Crippen MR) is 87.3 cm³/mol. The number of nitrogens with one attached hydrogen (secondary N) is 1. The van der Waals surface area contributed by atoms with Gasteiger partial charge in [-0.25, -0.2) is 18.1 Å². The van der Waals surface area contributed by atoms with Gasteiger partial charge in [0, 0.05) is 18.5 Å². The number of nitrogens with zero attached hydrogens (tertiary/aromatic N) is 2. The standard InChI is InChI=1S/C15H17N3O6S/c1-3-7-17-13(20)14(21)18(15(17)22)9-12(19)16-10-5-4-6-11(8-10)25(2,23)24/h4-6,8H,3,7,9H2,1-2H3,(H,16,19). The van der Waals surface area contributed by atoms with Gasteiger partial charge in [-0.15, -0.1) is 0 Å². The lowest BCUT2D eigenvalue weighted by atomic mass is 10.3. The highest BCUT2D eigenvalue weighted by Crippen LogP contribution is 2.16. The quantitative estimate of drug-likeness (QED) is 0.567. The molecule has 5 amide bonds. The highest BCUT2D eigenvalue weighted by atomic mass is 32.2. The van der Waals surface area contributed by atoms with Gasteiger partial charge in [0.2, 0.25) is 5.91 Å². The molecule has 1 aliphatic heterocycles. The van der Waals surface area contributed by atoms with E-state index < -0.39 is 40.1 Å². The van der Waals surface area contributed by atoms with Crippen molar-refractivity contribution in [2.24, 2.45) is 0 Å². The molecule has 1 aromatic carbocycles. The summed E-state index contributed by atoms with van der Waals surface area (Å²) in [5.74, 6) is -2.74. The van der Waals surface area contributed by atoms with Crippen LogP contribution in [0.2, 0.25) is 0 Å². The fraction of sp³-hybridized carbons (Fsp3) is 0.333. The van der Waals surface area contributed by atoms with Gasteiger partial charge >= 0.3 is 17.8 Å². The zero-order valence-electron chi connectivity index (χ0n) is 13.7. The third-order valence-electron chi connectivity index (χ3n) is 3.43. The van der Waals surface area contributed by atoms with E-state index in [0.717, 1.165) is 11.2 Å². The SMILES string of the molecule is CCCN1C(=O)C(=O)N(CC(=O)Nc2cccc(S(C)(=O)=O)c2)C1=O. The third-order valence-corrected chi connectivity index (χ3v) is 4.54. The fourth-order valence-electron chi connectivity index (χ4n) is 2.26. The van der Waals surface area contributed by atoms with Crippen molar-refractivity contribution in [2.75, 3.05) is 24.7 Å². The molecular weight excluding hydrogens is 350 g/mol. The van der Waals surface area contributed by atoms with Crippen LogP contribution >= 0.6 is 0 Å². The molecule has 0 aliphatic carbocycles. The Labute approximate surface area is 144 Å². The summed E-state index contributed by atoms with van der Waals surface area (Å²) in [6, 6.07) is 4.71. The molecule has 0 unspecified atom stereocenters. The maximum absolute atomic E-state index is 12.1. The van der Waals surface area contributed by atoms with Gasteiger partial charge in [-0.2, -0.15) is 0 Å². The zero-order chi connectivity index (χ0) is 18.8. The molecule has 1 N–H and O–H groups in total. The van der Waals surface area contributed by atoms with E-state index in [1.165, 1.54) is 24.3 Å². The van der Waals surface area contributed by atoms with Crippen LogP contribution in [-0.2, 0) is 24.2 Å². The maximum Gasteiger partial charge on any atom is 0.334 e. The molecular formula is C15H17N3O6S. The smallest absolute Gasteiger partial charge is 0.324 e. The second-order valence-corrected chi connectivity index (χ2v) is 7.49. The van der Waals surface area contributed by atoms with Crippen molar-refractivity contribution in [3.63, 3.8) is 0 Å². The van der Waals surface area contributed by atoms with E-state index >= 15 is 0 Å². The molecule has 1 aromatic rings. The van der Waals surface area contributed by atoms with Crippen molar-refractivity contribution in [1.29, 1.82) is 0 Å². The second kappa shape index (κ2) is 7.01. The van der Waals surface area contributed by atoms with Crippen molar-refractivity contribution >= 4 is 39.3 Å². The lowest BCUT2D eigenvalue weighted by molar-refractivity contribution is -0.143. The monoisotopic (exact) mass is 367 g/mol. The summed E-state index contributed by atoms with van der Waals surface area (Å²) in [6.07, 6.45) is 1.52. The molecule has 1 saturated heterocycles. The Morgan fingerprint density at radius 2 is 1.76 bits per heavy atom. The third kappa shape index (κ3) is 4.02. The van der Waals surface area contributed by atoms with Crippen molar-refractivity contribution in [3.05, 3.63) is 24.3 Å². The van der Waals surface area contributed by atoms with Crippen LogP contribution in [0.25, 0.3) is 0 Å². The van der Waals surface area contributed by atoms with E-state index in [-0.39, 0.29) is 17.1 Å². The lowest BCUT2D eigenvalue weighted by Crippen LogP contribution is -2.39. The minimum atomic E-state index is -3.44. The van der Waals surface area contributed by atoms with Crippen LogP contribution in [0.3, 0.4) is 0 Å². The minimum Gasteiger partial charge on any atom is -0.324 e. The Kier molecular flexibility index (Phi) is 5.21. The van der Waals surface area contributed by atoms with E-state index in [2.05, 4.69) is 5.32 Å². The number of sulfone groups is 1. The van der Waals surface area contributed by atoms with E-state index in [0.29, 0.717) is 11.3 Å². The number of imide groups is 2. The van der Waals surface area contributed by atoms with E-state index in [1.807, 2.05) is 0 Å². The van der Waals surface area contributed by atoms with Crippen LogP contribution in [-0.4, -0.2) is 61.3 Å². The number of hydrogen-bond donors (Lipinski definition) is 1. The topological polar surface area (TPSA) is 121 Å². The van der Waals surface area contributed by atoms with Gasteiger partial charge in [-0.05, 0) is 24.6 Å². The normalized spacial score (nSPS) is 15.0. The van der Waals surface area contributed by atoms with Gasteiger partial charge in [0.25, 0.3) is 0 Å². The van der Waals surface area contributed by atoms with Gasteiger partial charge in [0.15, 0.2) is 9.84 Å². The van der Waals surface area contributed by atoms with Crippen LogP contribution in [0.15, 0.2) is 29.2 Å². The molecule has 0 saturated carbocycles. The fourth-order valence-corrected chi connectivity index (χ4v) is 2.93. The first kappa shape index (κ1) is 18.6. The number of anilines is 1. The van der Waals surface area contributed by atoms with Crippen LogP contribution < -0.4 is 5.32 Å². The molecule has 10 heteroatoms. The summed E-state index contributed by atoms with van der Waals surface area (Å²) in [7, 11) is -3.44. The van der Waals surface area contributed by atoms with E-state index in [4.69, 9.17) is 0 Å². The number of carbonyl (C=O) groups excluding carboxylic acids is 4. The number of carbonyl (C=O) groups is 4. The largest absolute Gasteiger partial charge is 0.334 e. The molecule has 9 nitrogen and oxygen atoms in total. The van der Waals surface area contributed by atoms with Gasteiger partial charge in [-0.3, -0.25) is 19.3 Å². The second-order valence-electron chi connectivity index (χ2n) is 5.48. The number of rotatable bonds is 6. The molecule has 1 heterocycles. The summed E-state index contributed by atoms with van der Waals surface area (Å²) < 4.78 is 23.0. The molecule has 2 rings (SSSR count). The van der Waals surface area contributed by atoms with Crippen LogP contribution in [0, 0.1) is 0 Å². The summed E-state index contributed by atoms with van der Waals surface area (Å²) in [5, 5.41) is 2.40. The van der Waals surface area contributed by atoms with Crippen LogP contribution in [0.4, 0.5) is 10.5 Å². The van der Waals surface area contributed by atoms with Crippen LogP contribution in [0.5, 0.6) is 0 Å². The number of amides is 5. The number of benzene rings is 1. The highest BCUT2D eigenvalue weighted by Gasteiger charge is 2.44. The molecule has 134 valence electrons. The Morgan fingerprint density at radius 3 is 2.36 bits per heavy atom. The molecule has 25 heavy (non-hydrogen) atoms. The van der Waals surface area contributed by atoms with Crippen molar-refractivity contribution in [2.45, 2.75) is 18.2 Å². The first-order valence-corrected chi connectivity index (χ1v) is 9.31. The molecule has 0 bridgehead atoms. The summed E-state index contributed by atoms with van der Waals surface area (Å²) in [6.45, 7) is 1.21. The average molecular weight is 367 g/mol. The van der Waals surface area contributed by atoms with E-state index in [1.54, 1.807) is 6.92 Å². The van der Waals surface area contributed by atoms with Gasteiger partial charge < -0.3 is 5.32 Å². The summed E-state index contributed by atoms with van der Waals surface area (Å²) in [5.41, 5.74) is 0.198. The molecule has 1 fully saturated rings. The molecule has 0 radical (unpaired) electrons. The molecule has 0 atom stereocenters. The molecule has 0 spiro atoms. The maximum atomic E-state index is 12.1. The highest BCUT2D eigenvalue weighted by molar-refractivity contribution is 7.90. The summed E-state index contributed by atoms with van der Waals surface area (Å²) >= 11 is 0. The van der Waals surface area contributed by atoms with Crippen molar-refractivity contribution in [3.8, 4) is 0 Å². The van der Waals surface area contributed by atoms with Crippen molar-refractivity contribution < 1.29 is 27.6 Å². The van der Waals surface area contributed by atoms with E-state index in [9.17, 15) is 27.6 Å². The lowest BCUT2D eigenvalue weighted by Gasteiger charge is -2.14. The molecule has 1 aliphatic rings. The first-order valence-electron chi connectivity index (χ1n) is 7.42. The predicted octanol–water partition coefficient (Wildman–Crippen LogP) is 0.229. The zero-order valence-corrected chi connectivity index (χ0v) is 14.5. The Hall–Kier alpha value is -2.75. The Balaban J connectivity index is 2.09. The van der Waals surface area contributed by atoms with Crippen LogP contribution in [0.1, 0.15) is 13.3 Å². The number of hydrogen-bond acceptors (Lipinski definition) is 6. The minimum absolute atomic E-state index is 0.0166. The average Bonchev–Trinajstić information content (AvgIpc) is 2.72. The Morgan fingerprint density at radius 1 is 1.12 bits per heavy atom. The van der Waals surface area contributed by atoms with Gasteiger partial charge in [-0.1, -0.05) is 13.0 Å². The summed E-state index contributed by atoms with van der Waals surface area (Å²) in [4.78, 5) is 49.0. The van der Waals surface area contributed by atoms with Crippen molar-refractivity contribution in [1.82, 2.24) is 9.80 Å². The first-order chi connectivity index (χ1) is 11.6. The Bertz CT molecular complexity index is 849. The van der Waals surface area contributed by atoms with Gasteiger partial charge in [0.1, 0.15) is 6.54 Å². The van der Waals surface area contributed by atoms with Gasteiger partial charge in [0.05, 0.1) is 4.90 Å². The molecule has 0 aromatic heterocycles.